The normalized spacial score (nSPS) is 11.6. The van der Waals surface area contributed by atoms with Gasteiger partial charge >= 0.3 is 0 Å². The van der Waals surface area contributed by atoms with Gasteiger partial charge in [-0.15, -0.1) is 0 Å². The average Bonchev–Trinajstić information content (AvgIpc) is 3.62. The molecule has 0 saturated carbocycles. The van der Waals surface area contributed by atoms with Crippen LogP contribution in [0, 0.1) is 0 Å². The minimum absolute atomic E-state index is 0.917. The Balaban J connectivity index is 1.07. The molecular formula is C56H40N2. The van der Waals surface area contributed by atoms with Gasteiger partial charge in [-0.1, -0.05) is 158 Å². The van der Waals surface area contributed by atoms with Crippen LogP contribution in [0.5, 0.6) is 0 Å². The van der Waals surface area contributed by atoms with Gasteiger partial charge in [0.2, 0.25) is 0 Å². The van der Waals surface area contributed by atoms with Crippen molar-refractivity contribution >= 4 is 71.2 Å². The molecule has 11 aromatic rings. The molecule has 0 unspecified atom stereocenters. The van der Waals surface area contributed by atoms with Crippen molar-refractivity contribution in [3.05, 3.63) is 212 Å². The van der Waals surface area contributed by atoms with Crippen molar-refractivity contribution in [2.75, 3.05) is 4.90 Å². The van der Waals surface area contributed by atoms with Crippen molar-refractivity contribution in [1.29, 1.82) is 0 Å². The van der Waals surface area contributed by atoms with E-state index in [0.29, 0.717) is 0 Å². The maximum atomic E-state index is 2.42. The molecule has 0 N–H and O–H groups in total. The Morgan fingerprint density at radius 2 is 0.793 bits per heavy atom. The summed E-state index contributed by atoms with van der Waals surface area (Å²) < 4.78 is 2.42. The predicted octanol–water partition coefficient (Wildman–Crippen LogP) is 15.7. The maximum absolute atomic E-state index is 2.42. The molecule has 0 aliphatic heterocycles. The minimum atomic E-state index is 0.917. The zero-order chi connectivity index (χ0) is 38.6. The van der Waals surface area contributed by atoms with Crippen molar-refractivity contribution < 1.29 is 0 Å². The van der Waals surface area contributed by atoms with Gasteiger partial charge in [0.05, 0.1) is 0 Å². The SMILES string of the molecule is CCn1c2ccccc2c2cc(N(c3ccc(-c4ccc5ccccc5c4)cc3)c3ccc(-c4c5ccccc5c(-c5ccccc5)c5ccccc45)cc3)ccc21. The van der Waals surface area contributed by atoms with E-state index in [1.165, 1.54) is 87.5 Å². The fourth-order valence-electron chi connectivity index (χ4n) is 9.27. The number of rotatable bonds is 7. The summed E-state index contributed by atoms with van der Waals surface area (Å²) in [6.07, 6.45) is 0. The smallest absolute Gasteiger partial charge is 0.0492 e. The topological polar surface area (TPSA) is 8.17 Å². The van der Waals surface area contributed by atoms with E-state index in [1.54, 1.807) is 0 Å². The van der Waals surface area contributed by atoms with Crippen LogP contribution < -0.4 is 4.90 Å². The second-order valence-electron chi connectivity index (χ2n) is 15.2. The van der Waals surface area contributed by atoms with Crippen molar-refractivity contribution in [2.45, 2.75) is 13.5 Å². The molecule has 58 heavy (non-hydrogen) atoms. The van der Waals surface area contributed by atoms with Gasteiger partial charge in [0.15, 0.2) is 0 Å². The summed E-state index contributed by atoms with van der Waals surface area (Å²) in [5.41, 5.74) is 13.3. The first-order valence-electron chi connectivity index (χ1n) is 20.2. The zero-order valence-corrected chi connectivity index (χ0v) is 32.3. The molecule has 0 spiro atoms. The first kappa shape index (κ1) is 33.9. The Hall–Kier alpha value is -7.42. The van der Waals surface area contributed by atoms with Gasteiger partial charge in [-0.25, -0.2) is 0 Å². The summed E-state index contributed by atoms with van der Waals surface area (Å²) in [7, 11) is 0. The molecular weight excluding hydrogens is 701 g/mol. The highest BCUT2D eigenvalue weighted by Crippen LogP contribution is 2.45. The highest BCUT2D eigenvalue weighted by Gasteiger charge is 2.19. The van der Waals surface area contributed by atoms with Gasteiger partial charge in [-0.2, -0.15) is 0 Å². The summed E-state index contributed by atoms with van der Waals surface area (Å²) >= 11 is 0. The summed E-state index contributed by atoms with van der Waals surface area (Å²) in [6, 6.07) is 77.9. The summed E-state index contributed by atoms with van der Waals surface area (Å²) in [5.74, 6) is 0. The number of hydrogen-bond acceptors (Lipinski definition) is 1. The van der Waals surface area contributed by atoms with Crippen molar-refractivity contribution in [2.24, 2.45) is 0 Å². The van der Waals surface area contributed by atoms with Crippen molar-refractivity contribution in [3.8, 4) is 33.4 Å². The zero-order valence-electron chi connectivity index (χ0n) is 32.3. The number of fused-ring (bicyclic) bond motifs is 6. The molecule has 11 rings (SSSR count). The van der Waals surface area contributed by atoms with Crippen LogP contribution in [0.15, 0.2) is 212 Å². The molecule has 0 amide bonds. The van der Waals surface area contributed by atoms with Crippen LogP contribution in [0.2, 0.25) is 0 Å². The second kappa shape index (κ2) is 14.0. The van der Waals surface area contributed by atoms with Crippen LogP contribution in [0.3, 0.4) is 0 Å². The number of benzene rings is 10. The lowest BCUT2D eigenvalue weighted by molar-refractivity contribution is 0.827. The highest BCUT2D eigenvalue weighted by molar-refractivity contribution is 6.21. The van der Waals surface area contributed by atoms with E-state index < -0.39 is 0 Å². The van der Waals surface area contributed by atoms with Crippen molar-refractivity contribution in [3.63, 3.8) is 0 Å². The Morgan fingerprint density at radius 1 is 0.328 bits per heavy atom. The van der Waals surface area contributed by atoms with Crippen LogP contribution in [-0.2, 0) is 6.54 Å². The van der Waals surface area contributed by atoms with Crippen LogP contribution in [-0.4, -0.2) is 4.57 Å². The van der Waals surface area contributed by atoms with Gasteiger partial charge in [0.1, 0.15) is 0 Å². The molecule has 0 aliphatic rings. The summed E-state index contributed by atoms with van der Waals surface area (Å²) in [4.78, 5) is 2.40. The fourth-order valence-corrected chi connectivity index (χ4v) is 9.27. The number of nitrogens with zero attached hydrogens (tertiary/aromatic N) is 2. The van der Waals surface area contributed by atoms with Crippen LogP contribution in [0.25, 0.3) is 87.5 Å². The monoisotopic (exact) mass is 740 g/mol. The third-order valence-corrected chi connectivity index (χ3v) is 11.9. The quantitative estimate of drug-likeness (QED) is 0.148. The van der Waals surface area contributed by atoms with Gasteiger partial charge in [-0.3, -0.25) is 0 Å². The first-order valence-corrected chi connectivity index (χ1v) is 20.2. The number of aromatic nitrogens is 1. The Bertz CT molecular complexity index is 3240. The number of hydrogen-bond donors (Lipinski definition) is 0. The van der Waals surface area contributed by atoms with E-state index in [0.717, 1.165) is 23.6 Å². The molecule has 0 bridgehead atoms. The molecule has 2 nitrogen and oxygen atoms in total. The van der Waals surface area contributed by atoms with E-state index in [9.17, 15) is 0 Å². The van der Waals surface area contributed by atoms with Gasteiger partial charge in [0.25, 0.3) is 0 Å². The van der Waals surface area contributed by atoms with E-state index in [4.69, 9.17) is 0 Å². The molecule has 2 heteroatoms. The van der Waals surface area contributed by atoms with Crippen LogP contribution >= 0.6 is 0 Å². The molecule has 0 radical (unpaired) electrons. The molecule has 274 valence electrons. The van der Waals surface area contributed by atoms with Gasteiger partial charge in [-0.05, 0) is 127 Å². The lowest BCUT2D eigenvalue weighted by Gasteiger charge is -2.26. The highest BCUT2D eigenvalue weighted by atomic mass is 15.1. The first-order chi connectivity index (χ1) is 28.7. The van der Waals surface area contributed by atoms with E-state index in [2.05, 4.69) is 229 Å². The maximum Gasteiger partial charge on any atom is 0.0492 e. The lowest BCUT2D eigenvalue weighted by Crippen LogP contribution is -2.10. The Kier molecular flexibility index (Phi) is 8.15. The largest absolute Gasteiger partial charge is 0.341 e. The molecule has 0 saturated heterocycles. The van der Waals surface area contributed by atoms with Crippen LogP contribution in [0.4, 0.5) is 17.1 Å². The number of anilines is 3. The summed E-state index contributed by atoms with van der Waals surface area (Å²) in [6.45, 7) is 3.15. The third kappa shape index (κ3) is 5.56. The van der Waals surface area contributed by atoms with Gasteiger partial charge in [0, 0.05) is 45.4 Å². The van der Waals surface area contributed by atoms with Gasteiger partial charge < -0.3 is 9.47 Å². The van der Waals surface area contributed by atoms with Crippen molar-refractivity contribution in [1.82, 2.24) is 4.57 Å². The molecule has 10 aromatic carbocycles. The van der Waals surface area contributed by atoms with E-state index >= 15 is 0 Å². The molecule has 1 heterocycles. The van der Waals surface area contributed by atoms with E-state index in [-0.39, 0.29) is 0 Å². The second-order valence-corrected chi connectivity index (χ2v) is 15.2. The number of para-hydroxylation sites is 1. The van der Waals surface area contributed by atoms with E-state index in [1.807, 2.05) is 0 Å². The number of aryl methyl sites for hydroxylation is 1. The fraction of sp³-hybridized carbons (Fsp3) is 0.0357. The summed E-state index contributed by atoms with van der Waals surface area (Å²) in [5, 5.41) is 10.1. The average molecular weight is 741 g/mol. The molecule has 1 aromatic heterocycles. The Morgan fingerprint density at radius 3 is 1.41 bits per heavy atom. The Labute approximate surface area is 338 Å². The third-order valence-electron chi connectivity index (χ3n) is 11.9. The minimum Gasteiger partial charge on any atom is -0.341 e. The predicted molar refractivity (Wildman–Crippen MR) is 249 cm³/mol. The lowest BCUT2D eigenvalue weighted by atomic mass is 9.86. The molecule has 0 aliphatic carbocycles. The molecule has 0 atom stereocenters. The van der Waals surface area contributed by atoms with Crippen LogP contribution in [0.1, 0.15) is 6.92 Å². The standard InChI is InChI=1S/C56H40N2/c1-2-57-53-23-13-12-18-47(53)52-37-46(34-35-54(52)57)58(44-30-26-39(27-31-44)43-25-24-38-14-6-7-17-42(38)36-43)45-32-28-41(29-33-45)56-50-21-10-8-19-48(50)55(40-15-4-3-5-16-40)49-20-9-11-22-51(49)56/h3-37H,2H2,1H3. The molecule has 0 fully saturated rings.